The van der Waals surface area contributed by atoms with Crippen molar-refractivity contribution in [3.8, 4) is 11.5 Å². The third kappa shape index (κ3) is 7.58. The van der Waals surface area contributed by atoms with Gasteiger partial charge in [0.1, 0.15) is 0 Å². The van der Waals surface area contributed by atoms with Crippen LogP contribution < -0.4 is 20.1 Å². The molecule has 2 aromatic carbocycles. The van der Waals surface area contributed by atoms with Crippen LogP contribution in [0.2, 0.25) is 0 Å². The SMILES string of the molecule is COC(=O)c1cccc(NC(=O)CSc2nnc(CNC(=O)C=Cc3ccc(OC)c(OC)c3)n2C)c1. The second-order valence-electron chi connectivity index (χ2n) is 7.53. The minimum Gasteiger partial charge on any atom is -0.493 e. The minimum atomic E-state index is -0.486. The first-order chi connectivity index (χ1) is 17.8. The van der Waals surface area contributed by atoms with Gasteiger partial charge in [-0.3, -0.25) is 9.59 Å². The number of esters is 1. The largest absolute Gasteiger partial charge is 0.493 e. The third-order valence-electron chi connectivity index (χ3n) is 5.08. The van der Waals surface area contributed by atoms with Gasteiger partial charge < -0.3 is 29.4 Å². The summed E-state index contributed by atoms with van der Waals surface area (Å²) in [6.45, 7) is 0.158. The van der Waals surface area contributed by atoms with Gasteiger partial charge >= 0.3 is 5.97 Å². The van der Waals surface area contributed by atoms with E-state index in [1.165, 1.54) is 31.0 Å². The van der Waals surface area contributed by atoms with Crippen molar-refractivity contribution in [3.63, 3.8) is 0 Å². The predicted molar refractivity (Wildman–Crippen MR) is 139 cm³/mol. The fraction of sp³-hybridized carbons (Fsp3) is 0.240. The topological polar surface area (TPSA) is 134 Å². The Morgan fingerprint density at radius 2 is 1.81 bits per heavy atom. The van der Waals surface area contributed by atoms with Crippen LogP contribution in [0, 0.1) is 0 Å². The molecule has 37 heavy (non-hydrogen) atoms. The monoisotopic (exact) mass is 525 g/mol. The van der Waals surface area contributed by atoms with Crippen LogP contribution in [0.5, 0.6) is 11.5 Å². The Labute approximate surface area is 218 Å². The van der Waals surface area contributed by atoms with E-state index in [1.54, 1.807) is 62.2 Å². The van der Waals surface area contributed by atoms with Crippen LogP contribution in [0.15, 0.2) is 53.7 Å². The lowest BCUT2D eigenvalue weighted by Crippen LogP contribution is -2.22. The highest BCUT2D eigenvalue weighted by Crippen LogP contribution is 2.28. The number of thioether (sulfide) groups is 1. The maximum absolute atomic E-state index is 12.3. The predicted octanol–water partition coefficient (Wildman–Crippen LogP) is 2.68. The third-order valence-corrected chi connectivity index (χ3v) is 6.10. The van der Waals surface area contributed by atoms with Gasteiger partial charge in [-0.25, -0.2) is 4.79 Å². The highest BCUT2D eigenvalue weighted by atomic mass is 32.2. The minimum absolute atomic E-state index is 0.0782. The molecule has 1 heterocycles. The van der Waals surface area contributed by atoms with Crippen LogP contribution in [0.1, 0.15) is 21.7 Å². The van der Waals surface area contributed by atoms with Gasteiger partial charge in [-0.1, -0.05) is 23.9 Å². The van der Waals surface area contributed by atoms with Gasteiger partial charge in [0.2, 0.25) is 11.8 Å². The Bertz CT molecular complexity index is 1310. The quantitative estimate of drug-likeness (QED) is 0.220. The highest BCUT2D eigenvalue weighted by molar-refractivity contribution is 7.99. The average Bonchev–Trinajstić information content (AvgIpc) is 3.27. The number of anilines is 1. The number of carbonyl (C=O) groups is 3. The van der Waals surface area contributed by atoms with Crippen molar-refractivity contribution < 1.29 is 28.6 Å². The maximum Gasteiger partial charge on any atom is 0.337 e. The number of aromatic nitrogens is 3. The molecule has 0 fully saturated rings. The second-order valence-corrected chi connectivity index (χ2v) is 8.48. The Balaban J connectivity index is 1.50. The first-order valence-corrected chi connectivity index (χ1v) is 12.0. The normalized spacial score (nSPS) is 10.7. The van der Waals surface area contributed by atoms with E-state index in [0.29, 0.717) is 33.7 Å². The first-order valence-electron chi connectivity index (χ1n) is 11.0. The molecule has 0 unspecified atom stereocenters. The number of nitrogens with zero attached hydrogens (tertiary/aromatic N) is 3. The lowest BCUT2D eigenvalue weighted by atomic mass is 10.2. The van der Waals surface area contributed by atoms with Crippen molar-refractivity contribution in [1.29, 1.82) is 0 Å². The van der Waals surface area contributed by atoms with Crippen molar-refractivity contribution >= 4 is 41.3 Å². The van der Waals surface area contributed by atoms with Gasteiger partial charge in [-0.2, -0.15) is 0 Å². The lowest BCUT2D eigenvalue weighted by molar-refractivity contribution is -0.116. The average molecular weight is 526 g/mol. The Morgan fingerprint density at radius 3 is 2.54 bits per heavy atom. The number of methoxy groups -OCH3 is 3. The molecular weight excluding hydrogens is 498 g/mol. The molecule has 11 nitrogen and oxygen atoms in total. The molecule has 0 aliphatic carbocycles. The number of hydrogen-bond acceptors (Lipinski definition) is 9. The molecule has 3 rings (SSSR count). The van der Waals surface area contributed by atoms with E-state index in [1.807, 2.05) is 6.07 Å². The van der Waals surface area contributed by atoms with Crippen LogP contribution >= 0.6 is 11.8 Å². The summed E-state index contributed by atoms with van der Waals surface area (Å²) in [6, 6.07) is 11.8. The Kier molecular flexibility index (Phi) is 9.67. The van der Waals surface area contributed by atoms with E-state index >= 15 is 0 Å². The van der Waals surface area contributed by atoms with E-state index in [2.05, 4.69) is 25.6 Å². The molecule has 0 atom stereocenters. The van der Waals surface area contributed by atoms with Crippen LogP contribution in [0.3, 0.4) is 0 Å². The van der Waals surface area contributed by atoms with Crippen molar-refractivity contribution in [3.05, 3.63) is 65.5 Å². The molecule has 1 aromatic heterocycles. The summed E-state index contributed by atoms with van der Waals surface area (Å²) in [4.78, 5) is 36.3. The van der Waals surface area contributed by atoms with Crippen molar-refractivity contribution in [2.24, 2.45) is 7.05 Å². The zero-order valence-electron chi connectivity index (χ0n) is 20.8. The van der Waals surface area contributed by atoms with Crippen LogP contribution in [-0.2, 0) is 27.9 Å². The Morgan fingerprint density at radius 1 is 1.03 bits per heavy atom. The van der Waals surface area contributed by atoms with Crippen LogP contribution in [0.25, 0.3) is 6.08 Å². The van der Waals surface area contributed by atoms with Crippen molar-refractivity contribution in [1.82, 2.24) is 20.1 Å². The number of hydrogen-bond donors (Lipinski definition) is 2. The van der Waals surface area contributed by atoms with Gasteiger partial charge in [0.25, 0.3) is 0 Å². The molecular formula is C25H27N5O6S. The molecule has 0 radical (unpaired) electrons. The maximum atomic E-state index is 12.3. The van der Waals surface area contributed by atoms with Gasteiger partial charge in [0, 0.05) is 18.8 Å². The van der Waals surface area contributed by atoms with Gasteiger partial charge in [0.15, 0.2) is 22.5 Å². The number of carbonyl (C=O) groups excluding carboxylic acids is 3. The second kappa shape index (κ2) is 13.1. The van der Waals surface area contributed by atoms with Crippen molar-refractivity contribution in [2.45, 2.75) is 11.7 Å². The molecule has 0 saturated carbocycles. The fourth-order valence-electron chi connectivity index (χ4n) is 3.15. The summed E-state index contributed by atoms with van der Waals surface area (Å²) in [5, 5.41) is 14.2. The number of amides is 2. The molecule has 194 valence electrons. The number of ether oxygens (including phenoxy) is 3. The molecule has 0 bridgehead atoms. The summed E-state index contributed by atoms with van der Waals surface area (Å²) < 4.78 is 16.9. The van der Waals surface area contributed by atoms with E-state index in [9.17, 15) is 14.4 Å². The molecule has 0 aliphatic heterocycles. The zero-order chi connectivity index (χ0) is 26.8. The molecule has 12 heteroatoms. The molecule has 0 spiro atoms. The molecule has 3 aromatic rings. The standard InChI is InChI=1S/C25H27N5O6S/c1-30-21(14-26-22(31)11-9-16-8-10-19(34-2)20(12-16)35-3)28-29-25(30)37-15-23(32)27-18-7-5-6-17(13-18)24(33)36-4/h5-13H,14-15H2,1-4H3,(H,26,31)(H,27,32). The summed E-state index contributed by atoms with van der Waals surface area (Å²) in [5.41, 5.74) is 1.60. The smallest absolute Gasteiger partial charge is 0.337 e. The summed E-state index contributed by atoms with van der Waals surface area (Å²) in [6.07, 6.45) is 3.07. The van der Waals surface area contributed by atoms with Gasteiger partial charge in [-0.15, -0.1) is 10.2 Å². The van der Waals surface area contributed by atoms with Gasteiger partial charge in [-0.05, 0) is 42.0 Å². The number of benzene rings is 2. The van der Waals surface area contributed by atoms with Crippen LogP contribution in [0.4, 0.5) is 5.69 Å². The molecule has 0 saturated heterocycles. The summed E-state index contributed by atoms with van der Waals surface area (Å²) in [5.74, 6) is 0.713. The highest BCUT2D eigenvalue weighted by Gasteiger charge is 2.13. The summed E-state index contributed by atoms with van der Waals surface area (Å²) in [7, 11) is 6.14. The Hall–Kier alpha value is -4.32. The van der Waals surface area contributed by atoms with E-state index in [4.69, 9.17) is 9.47 Å². The van der Waals surface area contributed by atoms with Crippen molar-refractivity contribution in [2.75, 3.05) is 32.4 Å². The van der Waals surface area contributed by atoms with Gasteiger partial charge in [0.05, 0.1) is 39.2 Å². The lowest BCUT2D eigenvalue weighted by Gasteiger charge is -2.08. The molecule has 2 N–H and O–H groups in total. The first kappa shape index (κ1) is 27.3. The number of nitrogens with one attached hydrogen (secondary N) is 2. The van der Waals surface area contributed by atoms with Crippen LogP contribution in [-0.4, -0.2) is 59.6 Å². The summed E-state index contributed by atoms with van der Waals surface area (Å²) >= 11 is 1.20. The zero-order valence-corrected chi connectivity index (χ0v) is 21.6. The van der Waals surface area contributed by atoms with E-state index in [0.717, 1.165) is 5.56 Å². The van der Waals surface area contributed by atoms with E-state index < -0.39 is 5.97 Å². The molecule has 2 amide bonds. The van der Waals surface area contributed by atoms with E-state index in [-0.39, 0.29) is 24.1 Å². The molecule has 0 aliphatic rings. The number of rotatable bonds is 11. The fourth-order valence-corrected chi connectivity index (χ4v) is 3.88.